The number of nitrogens with zero attached hydrogens (tertiary/aromatic N) is 2. The van der Waals surface area contributed by atoms with E-state index in [1.165, 1.54) is 18.2 Å². The van der Waals surface area contributed by atoms with Gasteiger partial charge in [0.25, 0.3) is 6.43 Å². The first-order chi connectivity index (χ1) is 13.9. The van der Waals surface area contributed by atoms with Gasteiger partial charge in [-0.25, -0.2) is 13.8 Å². The van der Waals surface area contributed by atoms with Crippen molar-refractivity contribution in [1.29, 1.82) is 0 Å². The first-order valence-corrected chi connectivity index (χ1v) is 9.79. The number of aromatic nitrogens is 1. The maximum atomic E-state index is 13.3. The first-order valence-electron chi connectivity index (χ1n) is 9.04. The molecule has 1 aromatic heterocycles. The number of ether oxygens (including phenoxy) is 1. The van der Waals surface area contributed by atoms with E-state index in [0.29, 0.717) is 22.7 Å². The van der Waals surface area contributed by atoms with Crippen molar-refractivity contribution in [2.75, 3.05) is 13.7 Å². The fourth-order valence-electron chi connectivity index (χ4n) is 2.83. The molecule has 0 saturated heterocycles. The van der Waals surface area contributed by atoms with Crippen LogP contribution in [0.3, 0.4) is 0 Å². The molecule has 0 aliphatic carbocycles. The highest BCUT2D eigenvalue weighted by Gasteiger charge is 2.30. The molecule has 3 nitrogen and oxygen atoms in total. The molecule has 0 amide bonds. The normalized spacial score (nSPS) is 13.9. The van der Waals surface area contributed by atoms with Crippen LogP contribution >= 0.6 is 23.2 Å². The van der Waals surface area contributed by atoms with Crippen LogP contribution in [0.4, 0.5) is 8.78 Å². The van der Waals surface area contributed by atoms with Gasteiger partial charge in [-0.3, -0.25) is 0 Å². The summed E-state index contributed by atoms with van der Waals surface area (Å²) >= 11 is 12.7. The molecule has 1 aliphatic heterocycles. The molecule has 0 N–H and O–H groups in total. The van der Waals surface area contributed by atoms with Crippen LogP contribution in [0, 0.1) is 0 Å². The second-order valence-corrected chi connectivity index (χ2v) is 6.59. The molecule has 0 unspecified atom stereocenters. The van der Waals surface area contributed by atoms with Gasteiger partial charge in [0.05, 0.1) is 41.3 Å². The molecule has 29 heavy (non-hydrogen) atoms. The molecule has 2 heterocycles. The van der Waals surface area contributed by atoms with Crippen molar-refractivity contribution >= 4 is 34.5 Å². The third-order valence-corrected chi connectivity index (χ3v) is 4.69. The summed E-state index contributed by atoms with van der Waals surface area (Å²) in [5.74, 6) is 0.467. The monoisotopic (exact) mass is 438 g/mol. The Balaban J connectivity index is 0.00000145. The predicted octanol–water partition coefficient (Wildman–Crippen LogP) is 6.86. The van der Waals surface area contributed by atoms with Gasteiger partial charge in [0, 0.05) is 11.6 Å². The number of hydrogen-bond acceptors (Lipinski definition) is 3. The van der Waals surface area contributed by atoms with E-state index in [1.54, 1.807) is 12.1 Å². The Bertz CT molecular complexity index is 928. The van der Waals surface area contributed by atoms with Gasteiger partial charge in [0.15, 0.2) is 0 Å². The summed E-state index contributed by atoms with van der Waals surface area (Å²) in [5, 5.41) is 0.555. The van der Waals surface area contributed by atoms with E-state index < -0.39 is 13.0 Å². The number of rotatable bonds is 5. The number of methoxy groups -OCH3 is 1. The van der Waals surface area contributed by atoms with Crippen molar-refractivity contribution in [3.8, 4) is 5.75 Å². The summed E-state index contributed by atoms with van der Waals surface area (Å²) in [4.78, 5) is 5.71. The van der Waals surface area contributed by atoms with Crippen molar-refractivity contribution in [1.82, 2.24) is 9.88 Å². The number of halogens is 4. The van der Waals surface area contributed by atoms with Crippen LogP contribution in [-0.2, 0) is 0 Å². The van der Waals surface area contributed by atoms with Crippen LogP contribution in [0.25, 0.3) is 11.3 Å². The van der Waals surface area contributed by atoms with Crippen molar-refractivity contribution in [2.24, 2.45) is 0 Å². The minimum Gasteiger partial charge on any atom is -0.495 e. The lowest BCUT2D eigenvalue weighted by molar-refractivity contribution is 0.123. The summed E-state index contributed by atoms with van der Waals surface area (Å²) in [6.45, 7) is 7.27. The molecule has 1 aliphatic rings. The topological polar surface area (TPSA) is 25.4 Å². The highest BCUT2D eigenvalue weighted by atomic mass is 35.5. The molecule has 0 bridgehead atoms. The number of allylic oxidation sites excluding steroid dienone is 3. The summed E-state index contributed by atoms with van der Waals surface area (Å²) in [6, 6.07) is 10.9. The zero-order valence-electron chi connectivity index (χ0n) is 16.4. The zero-order chi connectivity index (χ0) is 21.6. The van der Waals surface area contributed by atoms with E-state index >= 15 is 0 Å². The van der Waals surface area contributed by atoms with Crippen LogP contribution in [0.1, 0.15) is 25.1 Å². The second kappa shape index (κ2) is 10.4. The Morgan fingerprint density at radius 3 is 2.38 bits per heavy atom. The van der Waals surface area contributed by atoms with E-state index in [9.17, 15) is 8.78 Å². The Kier molecular flexibility index (Phi) is 8.23. The molecular formula is C22H22Cl2F2N2O. The molecule has 3 rings (SSSR count). The standard InChI is InChI=1S/C20H16Cl2F2N2O.C2H6/c1-12-16(21)9-15(13-6-4-3-5-7-13)20(26(12)11-18(23)24)19-17(22)8-14(27-2)10-25-19;1-2/h3-10,18H,1,11H2,2H3;1-2H3. The lowest BCUT2D eigenvalue weighted by Crippen LogP contribution is -2.30. The molecule has 0 saturated carbocycles. The van der Waals surface area contributed by atoms with Crippen molar-refractivity contribution < 1.29 is 13.5 Å². The number of hydrogen-bond donors (Lipinski definition) is 0. The number of pyridine rings is 1. The number of alkyl halides is 2. The van der Waals surface area contributed by atoms with Gasteiger partial charge in [-0.05, 0) is 11.6 Å². The van der Waals surface area contributed by atoms with E-state index in [1.807, 2.05) is 44.2 Å². The molecular weight excluding hydrogens is 417 g/mol. The summed E-state index contributed by atoms with van der Waals surface area (Å²) in [5.41, 5.74) is 2.46. The zero-order valence-corrected chi connectivity index (χ0v) is 17.9. The average Bonchev–Trinajstić information content (AvgIpc) is 2.73. The van der Waals surface area contributed by atoms with Crippen LogP contribution in [0.2, 0.25) is 5.02 Å². The number of benzene rings is 1. The third kappa shape index (κ3) is 5.17. The van der Waals surface area contributed by atoms with Crippen LogP contribution < -0.4 is 4.74 Å². The van der Waals surface area contributed by atoms with Gasteiger partial charge in [-0.2, -0.15) is 0 Å². The fourth-order valence-corrected chi connectivity index (χ4v) is 3.28. The Morgan fingerprint density at radius 2 is 1.83 bits per heavy atom. The molecule has 0 atom stereocenters. The lowest BCUT2D eigenvalue weighted by atomic mass is 9.96. The second-order valence-electron chi connectivity index (χ2n) is 5.77. The SMILES string of the molecule is C=C1C(Cl)=CC(c2ccccc2)=C(c2ncc(OC)cc2Cl)N1CC(F)F.CC. The smallest absolute Gasteiger partial charge is 0.256 e. The van der Waals surface area contributed by atoms with Crippen molar-refractivity contribution in [3.05, 3.63) is 82.3 Å². The van der Waals surface area contributed by atoms with Crippen molar-refractivity contribution in [2.45, 2.75) is 20.3 Å². The van der Waals surface area contributed by atoms with Gasteiger partial charge in [-0.15, -0.1) is 0 Å². The van der Waals surface area contributed by atoms with Gasteiger partial charge >= 0.3 is 0 Å². The van der Waals surface area contributed by atoms with E-state index in [2.05, 4.69) is 11.6 Å². The third-order valence-electron chi connectivity index (χ3n) is 4.08. The quantitative estimate of drug-likeness (QED) is 0.509. The largest absolute Gasteiger partial charge is 0.495 e. The molecule has 154 valence electrons. The van der Waals surface area contributed by atoms with Crippen LogP contribution in [-0.4, -0.2) is 30.0 Å². The molecule has 7 heteroatoms. The minimum atomic E-state index is -2.60. The Hall–Kier alpha value is -2.37. The minimum absolute atomic E-state index is 0.264. The Labute approximate surface area is 179 Å². The lowest BCUT2D eigenvalue weighted by Gasteiger charge is -2.34. The molecule has 2 aromatic rings. The van der Waals surface area contributed by atoms with Gasteiger partial charge in [0.1, 0.15) is 11.4 Å². The summed E-state index contributed by atoms with van der Waals surface area (Å²) < 4.78 is 31.8. The molecule has 0 radical (unpaired) electrons. The van der Waals surface area contributed by atoms with E-state index in [-0.39, 0.29) is 15.8 Å². The van der Waals surface area contributed by atoms with E-state index in [0.717, 1.165) is 5.56 Å². The molecule has 1 aromatic carbocycles. The van der Waals surface area contributed by atoms with Crippen LogP contribution in [0.5, 0.6) is 5.75 Å². The van der Waals surface area contributed by atoms with Crippen LogP contribution in [0.15, 0.2) is 66.0 Å². The van der Waals surface area contributed by atoms with Gasteiger partial charge in [0.2, 0.25) is 0 Å². The first kappa shape index (κ1) is 22.9. The molecule has 0 spiro atoms. The maximum absolute atomic E-state index is 13.3. The predicted molar refractivity (Wildman–Crippen MR) is 116 cm³/mol. The summed E-state index contributed by atoms with van der Waals surface area (Å²) in [6.07, 6.45) is 0.576. The highest BCUT2D eigenvalue weighted by Crippen LogP contribution is 2.42. The van der Waals surface area contributed by atoms with Gasteiger partial charge < -0.3 is 9.64 Å². The Morgan fingerprint density at radius 1 is 1.17 bits per heavy atom. The fraction of sp³-hybridized carbons (Fsp3) is 0.227. The maximum Gasteiger partial charge on any atom is 0.256 e. The highest BCUT2D eigenvalue weighted by molar-refractivity contribution is 6.34. The van der Waals surface area contributed by atoms with Gasteiger partial charge in [-0.1, -0.05) is 74.0 Å². The average molecular weight is 439 g/mol. The molecule has 0 fully saturated rings. The summed E-state index contributed by atoms with van der Waals surface area (Å²) in [7, 11) is 1.50. The van der Waals surface area contributed by atoms with Crippen molar-refractivity contribution in [3.63, 3.8) is 0 Å². The van der Waals surface area contributed by atoms with E-state index in [4.69, 9.17) is 27.9 Å².